The molecular formula is C51H101N3O7. The van der Waals surface area contributed by atoms with Crippen molar-refractivity contribution in [3.05, 3.63) is 0 Å². The van der Waals surface area contributed by atoms with Crippen LogP contribution in [0.5, 0.6) is 0 Å². The van der Waals surface area contributed by atoms with E-state index in [1.54, 1.807) is 0 Å². The maximum absolute atomic E-state index is 11.8. The van der Waals surface area contributed by atoms with Gasteiger partial charge in [-0.15, -0.1) is 0 Å². The average Bonchev–Trinajstić information content (AvgIpc) is 3.22. The molecule has 0 aliphatic heterocycles. The third kappa shape index (κ3) is 61.7. The molecule has 0 heterocycles. The molecule has 0 saturated heterocycles. The van der Waals surface area contributed by atoms with Crippen molar-refractivity contribution in [1.82, 2.24) is 5.32 Å². The molecule has 1 unspecified atom stereocenters. The van der Waals surface area contributed by atoms with Gasteiger partial charge in [-0.25, -0.2) is 4.79 Å². The maximum Gasteiger partial charge on any atom is 0.326 e. The molecule has 0 aromatic carbocycles. The van der Waals surface area contributed by atoms with Gasteiger partial charge in [0.2, 0.25) is 17.7 Å². The Morgan fingerprint density at radius 3 is 0.803 bits per heavy atom. The van der Waals surface area contributed by atoms with Gasteiger partial charge in [0.15, 0.2) is 0 Å². The minimum Gasteiger partial charge on any atom is -0.481 e. The number of aliphatic carboxylic acids is 2. The topological polar surface area (TPSA) is 190 Å². The second kappa shape index (κ2) is 53.5. The lowest BCUT2D eigenvalue weighted by molar-refractivity contribution is -0.143. The zero-order valence-electron chi connectivity index (χ0n) is 40.4. The number of carboxylic acids is 2. The highest BCUT2D eigenvalue weighted by molar-refractivity contribution is 5.83. The number of unbranched alkanes of at least 4 members (excludes halogenated alkanes) is 34. The third-order valence-electron chi connectivity index (χ3n) is 11.3. The van der Waals surface area contributed by atoms with Gasteiger partial charge in [-0.1, -0.05) is 239 Å². The van der Waals surface area contributed by atoms with Gasteiger partial charge in [0, 0.05) is 25.7 Å². The van der Waals surface area contributed by atoms with Gasteiger partial charge in [0.25, 0.3) is 0 Å². The highest BCUT2D eigenvalue weighted by atomic mass is 16.4. The van der Waals surface area contributed by atoms with Crippen LogP contribution in [0.3, 0.4) is 0 Å². The van der Waals surface area contributed by atoms with Gasteiger partial charge in [-0.2, -0.15) is 0 Å². The van der Waals surface area contributed by atoms with E-state index in [2.05, 4.69) is 26.1 Å². The van der Waals surface area contributed by atoms with Crippen LogP contribution in [0.2, 0.25) is 0 Å². The van der Waals surface area contributed by atoms with E-state index in [0.717, 1.165) is 32.1 Å². The van der Waals surface area contributed by atoms with Crippen LogP contribution in [-0.2, 0) is 24.0 Å². The fraction of sp³-hybridized carbons (Fsp3) is 0.902. The Morgan fingerprint density at radius 2 is 0.590 bits per heavy atom. The normalized spacial score (nSPS) is 11.2. The van der Waals surface area contributed by atoms with E-state index in [0.29, 0.717) is 19.3 Å². The first kappa shape index (κ1) is 62.6. The van der Waals surface area contributed by atoms with Gasteiger partial charge < -0.3 is 27.0 Å². The molecule has 0 aliphatic carbocycles. The summed E-state index contributed by atoms with van der Waals surface area (Å²) in [4.78, 5) is 54.4. The van der Waals surface area contributed by atoms with E-state index in [1.807, 2.05) is 0 Å². The Balaban J connectivity index is -0.000000894. The van der Waals surface area contributed by atoms with Crippen molar-refractivity contribution < 1.29 is 34.2 Å². The summed E-state index contributed by atoms with van der Waals surface area (Å²) >= 11 is 0. The average molecular weight is 868 g/mol. The van der Waals surface area contributed by atoms with Crippen LogP contribution < -0.4 is 16.8 Å². The molecule has 7 N–H and O–H groups in total. The molecule has 0 radical (unpaired) electrons. The molecule has 61 heavy (non-hydrogen) atoms. The van der Waals surface area contributed by atoms with Crippen LogP contribution in [0.4, 0.5) is 0 Å². The summed E-state index contributed by atoms with van der Waals surface area (Å²) in [5.74, 6) is -2.87. The molecule has 0 saturated carbocycles. The van der Waals surface area contributed by atoms with Gasteiger partial charge in [0.05, 0.1) is 0 Å². The lowest BCUT2D eigenvalue weighted by Gasteiger charge is -2.13. The minimum atomic E-state index is -1.18. The highest BCUT2D eigenvalue weighted by Crippen LogP contribution is 2.15. The number of hydrogen-bond donors (Lipinski definition) is 5. The first-order valence-corrected chi connectivity index (χ1v) is 25.8. The molecule has 0 rings (SSSR count). The fourth-order valence-electron chi connectivity index (χ4n) is 7.38. The monoisotopic (exact) mass is 868 g/mol. The summed E-state index contributed by atoms with van der Waals surface area (Å²) < 4.78 is 0. The number of carboxylic acid groups (broad SMARTS) is 2. The van der Waals surface area contributed by atoms with Crippen molar-refractivity contribution in [2.24, 2.45) is 11.5 Å². The Hall–Kier alpha value is -2.65. The lowest BCUT2D eigenvalue weighted by Crippen LogP contribution is -2.41. The van der Waals surface area contributed by atoms with Gasteiger partial charge in [0.1, 0.15) is 6.04 Å². The second-order valence-electron chi connectivity index (χ2n) is 17.6. The Labute approximate surface area is 376 Å². The van der Waals surface area contributed by atoms with E-state index in [-0.39, 0.29) is 30.6 Å². The molecular weight excluding hydrogens is 767 g/mol. The van der Waals surface area contributed by atoms with E-state index in [9.17, 15) is 24.0 Å². The number of nitrogens with one attached hydrogen (secondary N) is 1. The molecule has 362 valence electrons. The van der Waals surface area contributed by atoms with Crippen LogP contribution in [0, 0.1) is 0 Å². The number of hydrogen-bond acceptors (Lipinski definition) is 5. The van der Waals surface area contributed by atoms with E-state index in [1.165, 1.54) is 205 Å². The first-order valence-electron chi connectivity index (χ1n) is 25.8. The Bertz CT molecular complexity index is 942. The Morgan fingerprint density at radius 1 is 0.361 bits per heavy atom. The van der Waals surface area contributed by atoms with Crippen LogP contribution >= 0.6 is 0 Å². The molecule has 1 atom stereocenters. The molecule has 0 aromatic heterocycles. The number of rotatable bonds is 45. The van der Waals surface area contributed by atoms with Crippen LogP contribution in [-0.4, -0.2) is 45.9 Å². The molecule has 0 bridgehead atoms. The minimum absolute atomic E-state index is 0.0880. The largest absolute Gasteiger partial charge is 0.481 e. The smallest absolute Gasteiger partial charge is 0.326 e. The summed E-state index contributed by atoms with van der Waals surface area (Å²) in [6, 6.07) is -1.12. The van der Waals surface area contributed by atoms with Crippen molar-refractivity contribution in [3.63, 3.8) is 0 Å². The quantitative estimate of drug-likeness (QED) is 0.0376. The van der Waals surface area contributed by atoms with Crippen LogP contribution in [0.25, 0.3) is 0 Å². The van der Waals surface area contributed by atoms with Crippen molar-refractivity contribution in [1.29, 1.82) is 0 Å². The number of carbonyl (C=O) groups excluding carboxylic acids is 3. The first-order chi connectivity index (χ1) is 29.5. The van der Waals surface area contributed by atoms with E-state index >= 15 is 0 Å². The van der Waals surface area contributed by atoms with Crippen molar-refractivity contribution in [2.45, 2.75) is 296 Å². The van der Waals surface area contributed by atoms with Gasteiger partial charge in [-0.05, 0) is 25.7 Å². The zero-order valence-corrected chi connectivity index (χ0v) is 40.4. The summed E-state index contributed by atoms with van der Waals surface area (Å²) in [5.41, 5.74) is 10.1. The maximum atomic E-state index is 11.8. The van der Waals surface area contributed by atoms with Crippen molar-refractivity contribution >= 4 is 29.7 Å². The zero-order chi connectivity index (χ0) is 45.9. The Kier molecular flexibility index (Phi) is 54.9. The van der Waals surface area contributed by atoms with Crippen LogP contribution in [0.1, 0.15) is 290 Å². The van der Waals surface area contributed by atoms with Crippen molar-refractivity contribution in [3.8, 4) is 0 Å². The van der Waals surface area contributed by atoms with E-state index in [4.69, 9.17) is 21.7 Å². The number of amides is 3. The summed E-state index contributed by atoms with van der Waals surface area (Å²) in [7, 11) is 0. The standard InChI is InChI=1S/C23H43NO5.2C14H29NO/c1-2-3-4-5-6-7-8-9-10-11-12-13-14-15-16-17-21(25)24-20(23(28)29)18-19-22(26)27;2*1-2-3-4-5-6-7-8-9-10-11-12-13-14(15)16/h20H,2-19H2,1H3,(H,24,25)(H,26,27)(H,28,29);2*2-13H2,1H3,(H2,15,16). The highest BCUT2D eigenvalue weighted by Gasteiger charge is 2.20. The molecule has 10 nitrogen and oxygen atoms in total. The van der Waals surface area contributed by atoms with Crippen LogP contribution in [0.15, 0.2) is 0 Å². The second-order valence-corrected chi connectivity index (χ2v) is 17.6. The van der Waals surface area contributed by atoms with Gasteiger partial charge >= 0.3 is 11.9 Å². The predicted molar refractivity (Wildman–Crippen MR) is 257 cm³/mol. The third-order valence-corrected chi connectivity index (χ3v) is 11.3. The predicted octanol–water partition coefficient (Wildman–Crippen LogP) is 14.0. The molecule has 3 amide bonds. The number of primary amides is 2. The fourth-order valence-corrected chi connectivity index (χ4v) is 7.38. The summed E-state index contributed by atoms with van der Waals surface area (Å²) in [5, 5.41) is 20.1. The molecule has 0 aromatic rings. The lowest BCUT2D eigenvalue weighted by atomic mass is 10.0. The SMILES string of the molecule is CCCCCCCCCCCCCC(N)=O.CCCCCCCCCCCCCC(N)=O.CCCCCCCCCCCCCCCCCC(=O)NC(CCC(=O)O)C(=O)O. The number of carbonyl (C=O) groups is 5. The molecule has 0 aliphatic rings. The molecule has 0 spiro atoms. The molecule has 10 heteroatoms. The molecule has 0 fully saturated rings. The summed E-state index contributed by atoms with van der Waals surface area (Å²) in [6.45, 7) is 6.76. The summed E-state index contributed by atoms with van der Waals surface area (Å²) in [6.07, 6.45) is 48.8. The number of nitrogens with two attached hydrogens (primary N) is 2. The van der Waals surface area contributed by atoms with E-state index < -0.39 is 18.0 Å². The van der Waals surface area contributed by atoms with Crippen molar-refractivity contribution in [2.75, 3.05) is 0 Å². The van der Waals surface area contributed by atoms with Gasteiger partial charge in [-0.3, -0.25) is 19.2 Å².